The fourth-order valence-corrected chi connectivity index (χ4v) is 4.91. The maximum Gasteiger partial charge on any atom is 0.222 e. The van der Waals surface area contributed by atoms with Crippen LogP contribution in [-0.4, -0.2) is 33.9 Å². The van der Waals surface area contributed by atoms with Crippen LogP contribution in [0, 0.1) is 5.92 Å². The van der Waals surface area contributed by atoms with E-state index >= 15 is 0 Å². The zero-order chi connectivity index (χ0) is 22.1. The van der Waals surface area contributed by atoms with Crippen LogP contribution in [0.3, 0.4) is 0 Å². The number of pyridine rings is 1. The standard InChI is InChI=1S/C27H28ClN3O/c1-18-13-15-31(16-14-18)26(32)8-4-6-21-22-17-20(28)10-12-24(22)30-27(21)25-11-9-19-5-2-3-7-23(19)29-25/h2-3,5,7,9-12,17-18,30H,4,6,8,13-16H2,1H3. The SMILES string of the molecule is CC1CCN(C(=O)CCCc2c(-c3ccc4ccccc4n3)[nH]c3ccc(Cl)cc23)CC1. The monoisotopic (exact) mass is 445 g/mol. The largest absolute Gasteiger partial charge is 0.353 e. The van der Waals surface area contributed by atoms with Crippen molar-refractivity contribution in [1.29, 1.82) is 0 Å². The molecule has 0 bridgehead atoms. The second kappa shape index (κ2) is 8.95. The Bertz CT molecular complexity index is 1270. The maximum atomic E-state index is 12.7. The summed E-state index contributed by atoms with van der Waals surface area (Å²) in [4.78, 5) is 23.2. The molecule has 164 valence electrons. The van der Waals surface area contributed by atoms with Crippen molar-refractivity contribution in [3.63, 3.8) is 0 Å². The number of piperidine rings is 1. The van der Waals surface area contributed by atoms with Crippen LogP contribution < -0.4 is 0 Å². The number of hydrogen-bond donors (Lipinski definition) is 1. The average molecular weight is 446 g/mol. The highest BCUT2D eigenvalue weighted by atomic mass is 35.5. The van der Waals surface area contributed by atoms with Gasteiger partial charge < -0.3 is 9.88 Å². The average Bonchev–Trinajstić information content (AvgIpc) is 3.17. The highest BCUT2D eigenvalue weighted by Gasteiger charge is 2.21. The van der Waals surface area contributed by atoms with Crippen molar-refractivity contribution in [2.45, 2.75) is 39.0 Å². The second-order valence-electron chi connectivity index (χ2n) is 8.97. The lowest BCUT2D eigenvalue weighted by atomic mass is 9.98. The molecule has 3 heterocycles. The van der Waals surface area contributed by atoms with E-state index in [9.17, 15) is 4.79 Å². The predicted octanol–water partition coefficient (Wildman–Crippen LogP) is 6.62. The summed E-state index contributed by atoms with van der Waals surface area (Å²) in [6.45, 7) is 4.07. The normalized spacial score (nSPS) is 15.0. The number of aromatic amines is 1. The molecule has 2 aromatic carbocycles. The van der Waals surface area contributed by atoms with Crippen LogP contribution in [0.5, 0.6) is 0 Å². The Morgan fingerprint density at radius 1 is 1.12 bits per heavy atom. The van der Waals surface area contributed by atoms with Gasteiger partial charge in [0.1, 0.15) is 0 Å². The molecule has 1 saturated heterocycles. The van der Waals surface area contributed by atoms with E-state index in [4.69, 9.17) is 16.6 Å². The molecule has 2 aromatic heterocycles. The van der Waals surface area contributed by atoms with E-state index in [1.807, 2.05) is 41.3 Å². The first-order valence-electron chi connectivity index (χ1n) is 11.5. The van der Waals surface area contributed by atoms with Crippen molar-refractivity contribution >= 4 is 39.3 Å². The number of rotatable bonds is 5. The van der Waals surface area contributed by atoms with Gasteiger partial charge in [-0.3, -0.25) is 4.79 Å². The summed E-state index contributed by atoms with van der Waals surface area (Å²) in [5, 5.41) is 2.95. The quantitative estimate of drug-likeness (QED) is 0.375. The van der Waals surface area contributed by atoms with Gasteiger partial charge in [0.05, 0.1) is 16.9 Å². The van der Waals surface area contributed by atoms with E-state index in [2.05, 4.69) is 30.1 Å². The molecule has 1 N–H and O–H groups in total. The summed E-state index contributed by atoms with van der Waals surface area (Å²) >= 11 is 6.33. The molecule has 32 heavy (non-hydrogen) atoms. The molecule has 1 fully saturated rings. The molecule has 1 aliphatic rings. The minimum Gasteiger partial charge on any atom is -0.353 e. The number of nitrogens with zero attached hydrogens (tertiary/aromatic N) is 2. The van der Waals surface area contributed by atoms with Crippen LogP contribution in [0.4, 0.5) is 0 Å². The summed E-state index contributed by atoms with van der Waals surface area (Å²) in [5.74, 6) is 1.01. The van der Waals surface area contributed by atoms with E-state index in [0.29, 0.717) is 11.4 Å². The van der Waals surface area contributed by atoms with Gasteiger partial charge in [-0.1, -0.05) is 42.8 Å². The zero-order valence-electron chi connectivity index (χ0n) is 18.4. The molecule has 0 aliphatic carbocycles. The Labute approximate surface area is 193 Å². The van der Waals surface area contributed by atoms with Crippen LogP contribution in [0.15, 0.2) is 54.6 Å². The lowest BCUT2D eigenvalue weighted by Crippen LogP contribution is -2.37. The summed E-state index contributed by atoms with van der Waals surface area (Å²) in [6, 6.07) is 18.3. The topological polar surface area (TPSA) is 49.0 Å². The lowest BCUT2D eigenvalue weighted by molar-refractivity contribution is -0.132. The van der Waals surface area contributed by atoms with Crippen LogP contribution in [-0.2, 0) is 11.2 Å². The van der Waals surface area contributed by atoms with E-state index in [0.717, 1.165) is 77.9 Å². The summed E-state index contributed by atoms with van der Waals surface area (Å²) < 4.78 is 0. The summed E-state index contributed by atoms with van der Waals surface area (Å²) in [6.07, 6.45) is 4.42. The molecule has 0 unspecified atom stereocenters. The van der Waals surface area contributed by atoms with Crippen molar-refractivity contribution in [2.75, 3.05) is 13.1 Å². The second-order valence-corrected chi connectivity index (χ2v) is 9.41. The van der Waals surface area contributed by atoms with Crippen LogP contribution >= 0.6 is 11.6 Å². The number of carbonyl (C=O) groups is 1. The third-order valence-electron chi connectivity index (χ3n) is 6.68. The number of amides is 1. The highest BCUT2D eigenvalue weighted by Crippen LogP contribution is 2.33. The van der Waals surface area contributed by atoms with Crippen LogP contribution in [0.1, 0.15) is 38.2 Å². The molecule has 5 rings (SSSR count). The summed E-state index contributed by atoms with van der Waals surface area (Å²) in [5.41, 5.74) is 5.15. The molecule has 4 nitrogen and oxygen atoms in total. The Morgan fingerprint density at radius 2 is 1.94 bits per heavy atom. The number of nitrogens with one attached hydrogen (secondary N) is 1. The van der Waals surface area contributed by atoms with Crippen LogP contribution in [0.2, 0.25) is 5.02 Å². The molecule has 0 saturated carbocycles. The first kappa shape index (κ1) is 21.0. The lowest BCUT2D eigenvalue weighted by Gasteiger charge is -2.30. The molecule has 4 aromatic rings. The van der Waals surface area contributed by atoms with Gasteiger partial charge in [0, 0.05) is 40.8 Å². The van der Waals surface area contributed by atoms with Gasteiger partial charge in [0.2, 0.25) is 5.91 Å². The van der Waals surface area contributed by atoms with Gasteiger partial charge >= 0.3 is 0 Å². The number of halogens is 1. The van der Waals surface area contributed by atoms with Crippen molar-refractivity contribution < 1.29 is 4.79 Å². The number of hydrogen-bond acceptors (Lipinski definition) is 2. The van der Waals surface area contributed by atoms with Crippen molar-refractivity contribution in [3.8, 4) is 11.4 Å². The fraction of sp³-hybridized carbons (Fsp3) is 0.333. The number of carbonyl (C=O) groups excluding carboxylic acids is 1. The molecular weight excluding hydrogens is 418 g/mol. The third-order valence-corrected chi connectivity index (χ3v) is 6.91. The van der Waals surface area contributed by atoms with Crippen LogP contribution in [0.25, 0.3) is 33.2 Å². The first-order chi connectivity index (χ1) is 15.6. The Hall–Kier alpha value is -2.85. The van der Waals surface area contributed by atoms with Crippen molar-refractivity contribution in [1.82, 2.24) is 14.9 Å². The maximum absolute atomic E-state index is 12.7. The number of fused-ring (bicyclic) bond motifs is 2. The van der Waals surface area contributed by atoms with Crippen molar-refractivity contribution in [3.05, 3.63) is 65.2 Å². The number of aromatic nitrogens is 2. The number of benzene rings is 2. The first-order valence-corrected chi connectivity index (χ1v) is 11.9. The molecule has 1 aliphatic heterocycles. The molecular formula is C27H28ClN3O. The Kier molecular flexibility index (Phi) is 5.88. The number of H-pyrrole nitrogens is 1. The fourth-order valence-electron chi connectivity index (χ4n) is 4.74. The highest BCUT2D eigenvalue weighted by molar-refractivity contribution is 6.31. The van der Waals surface area contributed by atoms with E-state index < -0.39 is 0 Å². The predicted molar refractivity (Wildman–Crippen MR) is 132 cm³/mol. The minimum absolute atomic E-state index is 0.278. The Balaban J connectivity index is 1.42. The number of para-hydroxylation sites is 1. The zero-order valence-corrected chi connectivity index (χ0v) is 19.2. The smallest absolute Gasteiger partial charge is 0.222 e. The van der Waals surface area contributed by atoms with Gasteiger partial charge in [-0.15, -0.1) is 0 Å². The molecule has 5 heteroatoms. The Morgan fingerprint density at radius 3 is 2.78 bits per heavy atom. The molecule has 0 radical (unpaired) electrons. The molecule has 0 spiro atoms. The third kappa shape index (κ3) is 4.24. The van der Waals surface area contributed by atoms with Gasteiger partial charge in [0.15, 0.2) is 0 Å². The molecule has 1 amide bonds. The van der Waals surface area contributed by atoms with Crippen molar-refractivity contribution in [2.24, 2.45) is 5.92 Å². The summed E-state index contributed by atoms with van der Waals surface area (Å²) in [7, 11) is 0. The molecule has 0 atom stereocenters. The minimum atomic E-state index is 0.278. The van der Waals surface area contributed by atoms with E-state index in [1.54, 1.807) is 0 Å². The van der Waals surface area contributed by atoms with E-state index in [1.165, 1.54) is 5.56 Å². The number of aryl methyl sites for hydroxylation is 1. The van der Waals surface area contributed by atoms with Gasteiger partial charge in [-0.25, -0.2) is 4.98 Å². The van der Waals surface area contributed by atoms with Gasteiger partial charge in [-0.05, 0) is 67.5 Å². The van der Waals surface area contributed by atoms with E-state index in [-0.39, 0.29) is 5.91 Å². The van der Waals surface area contributed by atoms with Gasteiger partial charge in [-0.2, -0.15) is 0 Å². The van der Waals surface area contributed by atoms with Gasteiger partial charge in [0.25, 0.3) is 0 Å². The number of likely N-dealkylation sites (tertiary alicyclic amines) is 1.